The standard InChI is InChI=1S/C64H110N2.C12H12O2.Pd/c1-7-13-19-20-21-22-23-24-25-26-27-28-29-30-31-32-33-34-35-36-37-38-39-40-41-42-43-44-50-64(66-62-54-52-58(46-15-9-3)60(56-62)48-17-11-5)63(49-18-12-6)65-61-53-51-57(45-14-8-2)59(55-61)47-16-10-4;1-2-8-7-11(13)12(14)10-6-4-3-5-9(8)10;/h44,50-56H,7-43,45-49H2,1-6H3;3-7,13-14H,2H2,1H3;. The molecule has 4 nitrogen and oxygen atoms in total. The Labute approximate surface area is 513 Å². The SMILES string of the molecule is CCCCCCCCCCCCCCCCCCCCCCCCCCCCC=CC(=Nc1ccc(CCCC)c(CCCC)c1)C(CCCC)=Nc1ccc(CCCC)c(CCCC)c1.CCc1cc(O)c(O)c2ccccc12.[Pd]. The van der Waals surface area contributed by atoms with Gasteiger partial charge in [0.25, 0.3) is 0 Å². The molecule has 0 aliphatic carbocycles. The van der Waals surface area contributed by atoms with E-state index in [9.17, 15) is 10.2 Å². The van der Waals surface area contributed by atoms with Crippen LogP contribution in [0.3, 0.4) is 0 Å². The van der Waals surface area contributed by atoms with E-state index in [1.165, 1.54) is 253 Å². The molecular formula is C76H122N2O2Pd. The van der Waals surface area contributed by atoms with Gasteiger partial charge in [-0.2, -0.15) is 0 Å². The molecule has 458 valence electrons. The maximum Gasteiger partial charge on any atom is 0.165 e. The van der Waals surface area contributed by atoms with E-state index in [-0.39, 0.29) is 31.9 Å². The summed E-state index contributed by atoms with van der Waals surface area (Å²) in [5.74, 6) is -0.0710. The third-order valence-electron chi connectivity index (χ3n) is 16.6. The zero-order chi connectivity index (χ0) is 57.5. The summed E-state index contributed by atoms with van der Waals surface area (Å²) in [6, 6.07) is 23.3. The minimum absolute atomic E-state index is 0. The molecule has 0 bridgehead atoms. The number of aromatic hydroxyl groups is 2. The molecule has 0 aliphatic rings. The molecule has 0 radical (unpaired) electrons. The first-order chi connectivity index (χ1) is 39.3. The number of aryl methyl sites for hydroxylation is 5. The van der Waals surface area contributed by atoms with Crippen LogP contribution in [0, 0.1) is 0 Å². The normalized spacial score (nSPS) is 11.9. The Kier molecular flexibility index (Phi) is 45.3. The van der Waals surface area contributed by atoms with Gasteiger partial charge in [0.15, 0.2) is 11.5 Å². The van der Waals surface area contributed by atoms with Gasteiger partial charge in [0, 0.05) is 25.8 Å². The summed E-state index contributed by atoms with van der Waals surface area (Å²) in [6.45, 7) is 15.9. The summed E-state index contributed by atoms with van der Waals surface area (Å²) < 4.78 is 0. The Hall–Kier alpha value is -3.52. The minimum atomic E-state index is -0.0412. The average Bonchev–Trinajstić information content (AvgIpc) is 3.50. The van der Waals surface area contributed by atoms with Crippen molar-refractivity contribution in [3.05, 3.63) is 107 Å². The number of allylic oxidation sites excluding steroid dienone is 2. The van der Waals surface area contributed by atoms with Crippen molar-refractivity contribution in [1.29, 1.82) is 0 Å². The van der Waals surface area contributed by atoms with Crippen molar-refractivity contribution < 1.29 is 30.6 Å². The second kappa shape index (κ2) is 49.9. The van der Waals surface area contributed by atoms with Crippen LogP contribution in [0.5, 0.6) is 11.5 Å². The Morgan fingerprint density at radius 3 is 1.15 bits per heavy atom. The molecule has 0 saturated carbocycles. The molecule has 0 heterocycles. The zero-order valence-electron chi connectivity index (χ0n) is 53.5. The molecule has 5 heteroatoms. The van der Waals surface area contributed by atoms with Crippen molar-refractivity contribution in [2.45, 2.75) is 325 Å². The van der Waals surface area contributed by atoms with Crippen molar-refractivity contribution in [1.82, 2.24) is 0 Å². The monoisotopic (exact) mass is 1200 g/mol. The predicted molar refractivity (Wildman–Crippen MR) is 357 cm³/mol. The van der Waals surface area contributed by atoms with E-state index < -0.39 is 0 Å². The van der Waals surface area contributed by atoms with Gasteiger partial charge < -0.3 is 10.2 Å². The molecule has 4 aromatic carbocycles. The van der Waals surface area contributed by atoms with E-state index in [2.05, 4.69) is 90.1 Å². The van der Waals surface area contributed by atoms with Gasteiger partial charge in [-0.3, -0.25) is 4.99 Å². The molecule has 4 rings (SSSR count). The second-order valence-corrected chi connectivity index (χ2v) is 23.8. The van der Waals surface area contributed by atoms with Gasteiger partial charge in [-0.05, 0) is 153 Å². The summed E-state index contributed by atoms with van der Waals surface area (Å²) in [5, 5.41) is 20.8. The number of rotatable bonds is 47. The van der Waals surface area contributed by atoms with Crippen molar-refractivity contribution in [2.75, 3.05) is 0 Å². The molecular weight excluding hydrogens is 1080 g/mol. The molecule has 0 fully saturated rings. The zero-order valence-corrected chi connectivity index (χ0v) is 55.1. The first kappa shape index (κ1) is 73.6. The maximum atomic E-state index is 9.63. The molecule has 0 unspecified atom stereocenters. The van der Waals surface area contributed by atoms with E-state index >= 15 is 0 Å². The van der Waals surface area contributed by atoms with Gasteiger partial charge in [0.2, 0.25) is 0 Å². The number of unbranched alkanes of at least 4 members (excludes halogenated alkanes) is 31. The third kappa shape index (κ3) is 32.9. The van der Waals surface area contributed by atoms with E-state index in [0.717, 1.165) is 78.7 Å². The summed E-state index contributed by atoms with van der Waals surface area (Å²) in [4.78, 5) is 10.9. The Morgan fingerprint density at radius 2 is 0.741 bits per heavy atom. The topological polar surface area (TPSA) is 65.2 Å². The van der Waals surface area contributed by atoms with Crippen LogP contribution in [0.2, 0.25) is 0 Å². The number of phenolic OH excluding ortho intramolecular Hbond substituents is 2. The molecule has 0 spiro atoms. The smallest absolute Gasteiger partial charge is 0.165 e. The average molecular weight is 1200 g/mol. The van der Waals surface area contributed by atoms with E-state index in [1.54, 1.807) is 6.07 Å². The molecule has 0 amide bonds. The molecule has 0 atom stereocenters. The van der Waals surface area contributed by atoms with Gasteiger partial charge in [-0.25, -0.2) is 4.99 Å². The van der Waals surface area contributed by atoms with Crippen LogP contribution in [0.15, 0.2) is 88.9 Å². The first-order valence-corrected chi connectivity index (χ1v) is 34.3. The Balaban J connectivity index is 0.00000128. The maximum absolute atomic E-state index is 9.63. The first-order valence-electron chi connectivity index (χ1n) is 34.3. The van der Waals surface area contributed by atoms with Crippen molar-refractivity contribution in [3.63, 3.8) is 0 Å². The van der Waals surface area contributed by atoms with Gasteiger partial charge >= 0.3 is 0 Å². The summed E-state index contributed by atoms with van der Waals surface area (Å²) in [5.41, 5.74) is 11.5. The largest absolute Gasteiger partial charge is 0.504 e. The number of phenols is 2. The summed E-state index contributed by atoms with van der Waals surface area (Å²) >= 11 is 0. The number of nitrogens with zero attached hydrogens (tertiary/aromatic N) is 2. The van der Waals surface area contributed by atoms with Crippen molar-refractivity contribution in [3.8, 4) is 11.5 Å². The minimum Gasteiger partial charge on any atom is -0.504 e. The van der Waals surface area contributed by atoms with Gasteiger partial charge in [-0.15, -0.1) is 0 Å². The quantitative estimate of drug-likeness (QED) is 0.0200. The molecule has 0 saturated heterocycles. The van der Waals surface area contributed by atoms with E-state index in [4.69, 9.17) is 9.98 Å². The van der Waals surface area contributed by atoms with Crippen molar-refractivity contribution >= 4 is 33.6 Å². The van der Waals surface area contributed by atoms with Crippen molar-refractivity contribution in [2.24, 2.45) is 9.98 Å². The van der Waals surface area contributed by atoms with Crippen LogP contribution >= 0.6 is 0 Å². The van der Waals surface area contributed by atoms with E-state index in [1.807, 2.05) is 31.2 Å². The second-order valence-electron chi connectivity index (χ2n) is 23.8. The summed E-state index contributed by atoms with van der Waals surface area (Å²) in [6.07, 6.45) is 61.9. The Bertz CT molecular complexity index is 2260. The number of fused-ring (bicyclic) bond motifs is 1. The van der Waals surface area contributed by atoms with Crippen LogP contribution in [0.1, 0.15) is 320 Å². The van der Waals surface area contributed by atoms with Crippen LogP contribution in [0.4, 0.5) is 11.4 Å². The van der Waals surface area contributed by atoms with Crippen LogP contribution in [0.25, 0.3) is 10.8 Å². The van der Waals surface area contributed by atoms with Crippen LogP contribution < -0.4 is 0 Å². The third-order valence-corrected chi connectivity index (χ3v) is 16.6. The molecule has 0 aromatic heterocycles. The molecule has 0 aliphatic heterocycles. The van der Waals surface area contributed by atoms with Crippen LogP contribution in [-0.2, 0) is 52.5 Å². The van der Waals surface area contributed by atoms with E-state index in [0.29, 0.717) is 5.39 Å². The number of aliphatic imine (C=N–C) groups is 2. The molecule has 4 aromatic rings. The van der Waals surface area contributed by atoms with Gasteiger partial charge in [0.05, 0.1) is 22.8 Å². The fourth-order valence-electron chi connectivity index (χ4n) is 11.3. The molecule has 2 N–H and O–H groups in total. The van der Waals surface area contributed by atoms with Gasteiger partial charge in [-0.1, -0.05) is 284 Å². The molecule has 81 heavy (non-hydrogen) atoms. The fourth-order valence-corrected chi connectivity index (χ4v) is 11.3. The number of hydrogen-bond acceptors (Lipinski definition) is 4. The Morgan fingerprint density at radius 1 is 0.370 bits per heavy atom. The summed E-state index contributed by atoms with van der Waals surface area (Å²) in [7, 11) is 0. The van der Waals surface area contributed by atoms with Crippen LogP contribution in [-0.4, -0.2) is 21.6 Å². The number of hydrogen-bond donors (Lipinski definition) is 2. The predicted octanol–water partition coefficient (Wildman–Crippen LogP) is 25.0. The fraction of sp³-hybridized carbons (Fsp3) is 0.658. The number of benzene rings is 4. The van der Waals surface area contributed by atoms with Gasteiger partial charge in [0.1, 0.15) is 0 Å².